The molecule has 3 aromatic rings. The number of benzene rings is 1. The van der Waals surface area contributed by atoms with Crippen LogP contribution in [0.2, 0.25) is 0 Å². The molecule has 0 spiro atoms. The Labute approximate surface area is 120 Å². The Bertz CT molecular complexity index is 738. The molecule has 3 rings (SSSR count). The number of thioether (sulfide) groups is 1. The molecule has 1 aromatic carbocycles. The second-order valence-corrected chi connectivity index (χ2v) is 4.99. The standard InChI is InChI=1S/C14H13N5S/c1-20-13-8-12(17-9-18-13)19-6-5-16-14(19)10-3-2-4-11(15)7-10/h2-9H,15H2,1H3. The zero-order valence-electron chi connectivity index (χ0n) is 10.9. The summed E-state index contributed by atoms with van der Waals surface area (Å²) in [6, 6.07) is 9.58. The lowest BCUT2D eigenvalue weighted by Gasteiger charge is -2.08. The first-order valence-electron chi connectivity index (χ1n) is 6.03. The van der Waals surface area contributed by atoms with Gasteiger partial charge in [-0.25, -0.2) is 15.0 Å². The minimum atomic E-state index is 0.713. The van der Waals surface area contributed by atoms with Crippen LogP contribution in [0, 0.1) is 0 Å². The van der Waals surface area contributed by atoms with Crippen LogP contribution in [0.25, 0.3) is 17.2 Å². The van der Waals surface area contributed by atoms with Crippen molar-refractivity contribution in [1.82, 2.24) is 19.5 Å². The summed E-state index contributed by atoms with van der Waals surface area (Å²) in [4.78, 5) is 12.9. The number of nitrogen functional groups attached to an aromatic ring is 1. The van der Waals surface area contributed by atoms with Crippen LogP contribution in [-0.2, 0) is 0 Å². The third-order valence-corrected chi connectivity index (χ3v) is 3.51. The van der Waals surface area contributed by atoms with Crippen LogP contribution in [0.3, 0.4) is 0 Å². The Morgan fingerprint density at radius 1 is 1.15 bits per heavy atom. The fraction of sp³-hybridized carbons (Fsp3) is 0.0714. The second kappa shape index (κ2) is 5.34. The highest BCUT2D eigenvalue weighted by molar-refractivity contribution is 7.98. The van der Waals surface area contributed by atoms with Crippen molar-refractivity contribution in [3.63, 3.8) is 0 Å². The van der Waals surface area contributed by atoms with Crippen molar-refractivity contribution in [2.45, 2.75) is 5.03 Å². The Balaban J connectivity index is 2.10. The van der Waals surface area contributed by atoms with Crippen molar-refractivity contribution in [2.24, 2.45) is 0 Å². The van der Waals surface area contributed by atoms with Crippen molar-refractivity contribution in [3.8, 4) is 17.2 Å². The summed E-state index contributed by atoms with van der Waals surface area (Å²) >= 11 is 1.58. The maximum absolute atomic E-state index is 5.83. The highest BCUT2D eigenvalue weighted by Crippen LogP contribution is 2.23. The van der Waals surface area contributed by atoms with Gasteiger partial charge in [-0.1, -0.05) is 12.1 Å². The van der Waals surface area contributed by atoms with Gasteiger partial charge in [-0.05, 0) is 18.4 Å². The number of hydrogen-bond acceptors (Lipinski definition) is 5. The molecule has 0 aliphatic rings. The Morgan fingerprint density at radius 2 is 2.05 bits per heavy atom. The van der Waals surface area contributed by atoms with Gasteiger partial charge in [0.2, 0.25) is 0 Å². The van der Waals surface area contributed by atoms with E-state index in [0.717, 1.165) is 22.2 Å². The lowest BCUT2D eigenvalue weighted by atomic mass is 10.2. The lowest BCUT2D eigenvalue weighted by Crippen LogP contribution is -2.00. The highest BCUT2D eigenvalue weighted by Gasteiger charge is 2.09. The Kier molecular flexibility index (Phi) is 3.39. The van der Waals surface area contributed by atoms with Crippen molar-refractivity contribution >= 4 is 17.4 Å². The average molecular weight is 283 g/mol. The van der Waals surface area contributed by atoms with E-state index in [1.807, 2.05) is 47.4 Å². The monoisotopic (exact) mass is 283 g/mol. The normalized spacial score (nSPS) is 10.7. The van der Waals surface area contributed by atoms with E-state index in [1.165, 1.54) is 0 Å². The van der Waals surface area contributed by atoms with Gasteiger partial charge in [-0.3, -0.25) is 4.57 Å². The van der Waals surface area contributed by atoms with Gasteiger partial charge in [0, 0.05) is 29.7 Å². The maximum Gasteiger partial charge on any atom is 0.145 e. The van der Waals surface area contributed by atoms with Gasteiger partial charge in [-0.2, -0.15) is 0 Å². The molecular formula is C14H13N5S. The smallest absolute Gasteiger partial charge is 0.145 e. The maximum atomic E-state index is 5.83. The predicted molar refractivity (Wildman–Crippen MR) is 80.8 cm³/mol. The molecule has 20 heavy (non-hydrogen) atoms. The molecule has 0 saturated carbocycles. The van der Waals surface area contributed by atoms with Crippen LogP contribution in [0.1, 0.15) is 0 Å². The fourth-order valence-electron chi connectivity index (χ4n) is 1.95. The number of rotatable bonds is 3. The van der Waals surface area contributed by atoms with Gasteiger partial charge in [0.1, 0.15) is 23.0 Å². The van der Waals surface area contributed by atoms with E-state index >= 15 is 0 Å². The Hall–Kier alpha value is -2.34. The molecule has 5 nitrogen and oxygen atoms in total. The van der Waals surface area contributed by atoms with Gasteiger partial charge in [0.25, 0.3) is 0 Å². The first-order chi connectivity index (χ1) is 9.78. The molecule has 100 valence electrons. The predicted octanol–water partition coefficient (Wildman–Crippen LogP) is 2.63. The average Bonchev–Trinajstić information content (AvgIpc) is 2.97. The van der Waals surface area contributed by atoms with Gasteiger partial charge in [0.05, 0.1) is 0 Å². The molecule has 0 bridgehead atoms. The second-order valence-electron chi connectivity index (χ2n) is 4.16. The summed E-state index contributed by atoms with van der Waals surface area (Å²) in [5.74, 6) is 1.60. The van der Waals surface area contributed by atoms with E-state index in [4.69, 9.17) is 5.73 Å². The number of nitrogens with zero attached hydrogens (tertiary/aromatic N) is 4. The molecule has 0 radical (unpaired) electrons. The lowest BCUT2D eigenvalue weighted by molar-refractivity contribution is 0.941. The van der Waals surface area contributed by atoms with Crippen molar-refractivity contribution < 1.29 is 0 Å². The van der Waals surface area contributed by atoms with Gasteiger partial charge in [0.15, 0.2) is 0 Å². The minimum absolute atomic E-state index is 0.713. The number of imidazole rings is 1. The van der Waals surface area contributed by atoms with Crippen LogP contribution in [-0.4, -0.2) is 25.8 Å². The molecule has 0 saturated heterocycles. The van der Waals surface area contributed by atoms with Gasteiger partial charge >= 0.3 is 0 Å². The SMILES string of the molecule is CSc1cc(-n2ccnc2-c2cccc(N)c2)ncn1. The Morgan fingerprint density at radius 3 is 2.85 bits per heavy atom. The van der Waals surface area contributed by atoms with Crippen LogP contribution >= 0.6 is 11.8 Å². The van der Waals surface area contributed by atoms with Crippen LogP contribution in [0.15, 0.2) is 54.1 Å². The molecule has 2 N–H and O–H groups in total. The summed E-state index contributed by atoms with van der Waals surface area (Å²) in [5, 5.41) is 0.919. The van der Waals surface area contributed by atoms with Crippen LogP contribution in [0.5, 0.6) is 0 Å². The van der Waals surface area contributed by atoms with Crippen LogP contribution < -0.4 is 5.73 Å². The highest BCUT2D eigenvalue weighted by atomic mass is 32.2. The summed E-state index contributed by atoms with van der Waals surface area (Å²) in [5.41, 5.74) is 7.50. The first-order valence-corrected chi connectivity index (χ1v) is 7.26. The molecule has 6 heteroatoms. The molecule has 0 aliphatic carbocycles. The minimum Gasteiger partial charge on any atom is -0.399 e. The third-order valence-electron chi connectivity index (χ3n) is 2.87. The summed E-state index contributed by atoms with van der Waals surface area (Å²) < 4.78 is 1.93. The van der Waals surface area contributed by atoms with Gasteiger partial charge in [-0.15, -0.1) is 11.8 Å². The summed E-state index contributed by atoms with van der Waals surface area (Å²) in [7, 11) is 0. The zero-order valence-corrected chi connectivity index (χ0v) is 11.7. The van der Waals surface area contributed by atoms with E-state index in [-0.39, 0.29) is 0 Å². The number of anilines is 1. The first kappa shape index (κ1) is 12.7. The third kappa shape index (κ3) is 2.37. The largest absolute Gasteiger partial charge is 0.399 e. The van der Waals surface area contributed by atoms with E-state index in [2.05, 4.69) is 15.0 Å². The molecule has 0 unspecified atom stereocenters. The van der Waals surface area contributed by atoms with E-state index in [0.29, 0.717) is 5.69 Å². The van der Waals surface area contributed by atoms with Crippen LogP contribution in [0.4, 0.5) is 5.69 Å². The van der Waals surface area contributed by atoms with Gasteiger partial charge < -0.3 is 5.73 Å². The molecule has 2 aromatic heterocycles. The molecular weight excluding hydrogens is 270 g/mol. The zero-order chi connectivity index (χ0) is 13.9. The number of aromatic nitrogens is 4. The van der Waals surface area contributed by atoms with Crippen molar-refractivity contribution in [3.05, 3.63) is 49.1 Å². The quantitative estimate of drug-likeness (QED) is 0.454. The summed E-state index contributed by atoms with van der Waals surface area (Å²) in [6.45, 7) is 0. The van der Waals surface area contributed by atoms with Crippen molar-refractivity contribution in [1.29, 1.82) is 0 Å². The topological polar surface area (TPSA) is 69.6 Å². The molecule has 0 atom stereocenters. The fourth-order valence-corrected chi connectivity index (χ4v) is 2.33. The number of nitrogens with two attached hydrogens (primary N) is 1. The molecule has 0 amide bonds. The molecule has 0 aliphatic heterocycles. The molecule has 2 heterocycles. The van der Waals surface area contributed by atoms with Crippen molar-refractivity contribution in [2.75, 3.05) is 12.0 Å². The molecule has 0 fully saturated rings. The van der Waals surface area contributed by atoms with E-state index in [1.54, 1.807) is 24.3 Å². The number of hydrogen-bond donors (Lipinski definition) is 1. The van der Waals surface area contributed by atoms with E-state index in [9.17, 15) is 0 Å². The summed E-state index contributed by atoms with van der Waals surface area (Å²) in [6.07, 6.45) is 7.17. The van der Waals surface area contributed by atoms with E-state index < -0.39 is 0 Å².